The summed E-state index contributed by atoms with van der Waals surface area (Å²) in [5.74, 6) is 0.348. The first-order chi connectivity index (χ1) is 9.02. The van der Waals surface area contributed by atoms with E-state index >= 15 is 0 Å². The van der Waals surface area contributed by atoms with Gasteiger partial charge in [-0.2, -0.15) is 0 Å². The van der Waals surface area contributed by atoms with E-state index < -0.39 is 6.10 Å². The van der Waals surface area contributed by atoms with Gasteiger partial charge in [0.15, 0.2) is 0 Å². The minimum Gasteiger partial charge on any atom is -0.391 e. The van der Waals surface area contributed by atoms with E-state index in [2.05, 4.69) is 19.2 Å². The molecule has 2 N–H and O–H groups in total. The van der Waals surface area contributed by atoms with Gasteiger partial charge in [0.05, 0.1) is 12.2 Å². The number of aliphatic hydroxyl groups excluding tert-OH is 1. The van der Waals surface area contributed by atoms with Crippen molar-refractivity contribution in [1.29, 1.82) is 0 Å². The summed E-state index contributed by atoms with van der Waals surface area (Å²) in [6, 6.07) is 0. The van der Waals surface area contributed by atoms with Crippen molar-refractivity contribution in [2.45, 2.75) is 77.6 Å². The van der Waals surface area contributed by atoms with Gasteiger partial charge in [-0.3, -0.25) is 4.79 Å². The van der Waals surface area contributed by atoms with E-state index in [9.17, 15) is 9.90 Å². The zero-order valence-corrected chi connectivity index (χ0v) is 12.5. The Bertz CT molecular complexity index is 262. The number of ether oxygens (including phenoxy) is 1. The summed E-state index contributed by atoms with van der Waals surface area (Å²) in [4.78, 5) is 12.0. The van der Waals surface area contributed by atoms with Gasteiger partial charge < -0.3 is 15.2 Å². The largest absolute Gasteiger partial charge is 0.391 e. The standard InChI is InChI=1S/C15H29NO3/c1-4-14(19-13-7-5-6-8-13)15(18)16-10-12(17)9-11(2)3/h11-14,17H,4-10H2,1-3H3,(H,16,18). The Morgan fingerprint density at radius 2 is 2.00 bits per heavy atom. The molecule has 0 aliphatic heterocycles. The van der Waals surface area contributed by atoms with Gasteiger partial charge >= 0.3 is 0 Å². The maximum atomic E-state index is 12.0. The van der Waals surface area contributed by atoms with Crippen LogP contribution in [0, 0.1) is 5.92 Å². The van der Waals surface area contributed by atoms with E-state index in [1.165, 1.54) is 12.8 Å². The number of nitrogens with one attached hydrogen (secondary N) is 1. The Labute approximate surface area is 116 Å². The highest BCUT2D eigenvalue weighted by Gasteiger charge is 2.24. The van der Waals surface area contributed by atoms with Crippen LogP contribution in [0.5, 0.6) is 0 Å². The van der Waals surface area contributed by atoms with Crippen LogP contribution in [0.2, 0.25) is 0 Å². The molecule has 1 fully saturated rings. The average Bonchev–Trinajstić information content (AvgIpc) is 2.85. The first-order valence-electron chi connectivity index (χ1n) is 7.64. The van der Waals surface area contributed by atoms with Gasteiger partial charge in [-0.25, -0.2) is 0 Å². The van der Waals surface area contributed by atoms with Crippen LogP contribution in [0.15, 0.2) is 0 Å². The van der Waals surface area contributed by atoms with E-state index in [0.717, 1.165) is 12.8 Å². The van der Waals surface area contributed by atoms with E-state index in [4.69, 9.17) is 4.74 Å². The minimum atomic E-state index is -0.465. The Hall–Kier alpha value is -0.610. The van der Waals surface area contributed by atoms with Crippen molar-refractivity contribution in [2.75, 3.05) is 6.54 Å². The van der Waals surface area contributed by atoms with Crippen molar-refractivity contribution >= 4 is 5.91 Å². The SMILES string of the molecule is CCC(OC1CCCC1)C(=O)NCC(O)CC(C)C. The Kier molecular flexibility index (Phi) is 7.39. The summed E-state index contributed by atoms with van der Waals surface area (Å²) in [7, 11) is 0. The second kappa shape index (κ2) is 8.54. The van der Waals surface area contributed by atoms with Gasteiger partial charge in [-0.1, -0.05) is 33.6 Å². The lowest BCUT2D eigenvalue weighted by Gasteiger charge is -2.21. The predicted molar refractivity (Wildman–Crippen MR) is 75.9 cm³/mol. The second-order valence-corrected chi connectivity index (χ2v) is 5.97. The first-order valence-corrected chi connectivity index (χ1v) is 7.64. The van der Waals surface area contributed by atoms with E-state index in [1.807, 2.05) is 6.92 Å². The molecule has 0 aromatic carbocycles. The van der Waals surface area contributed by atoms with Crippen LogP contribution in [-0.4, -0.2) is 35.9 Å². The van der Waals surface area contributed by atoms with Gasteiger partial charge in [-0.15, -0.1) is 0 Å². The highest BCUT2D eigenvalue weighted by molar-refractivity contribution is 5.80. The van der Waals surface area contributed by atoms with Crippen molar-refractivity contribution in [3.05, 3.63) is 0 Å². The molecule has 0 radical (unpaired) electrons. The molecule has 0 aromatic heterocycles. The second-order valence-electron chi connectivity index (χ2n) is 5.97. The van der Waals surface area contributed by atoms with Crippen LogP contribution in [0.25, 0.3) is 0 Å². The van der Waals surface area contributed by atoms with Crippen LogP contribution in [0.1, 0.15) is 59.3 Å². The molecule has 2 unspecified atom stereocenters. The lowest BCUT2D eigenvalue weighted by atomic mass is 10.1. The van der Waals surface area contributed by atoms with Gasteiger partial charge in [0.25, 0.3) is 0 Å². The third kappa shape index (κ3) is 6.39. The number of rotatable bonds is 8. The molecular formula is C15H29NO3. The molecule has 1 aliphatic carbocycles. The Morgan fingerprint density at radius 1 is 1.37 bits per heavy atom. The van der Waals surface area contributed by atoms with Crippen LogP contribution < -0.4 is 5.32 Å². The molecule has 0 spiro atoms. The number of carbonyl (C=O) groups is 1. The van der Waals surface area contributed by atoms with Crippen molar-refractivity contribution in [2.24, 2.45) is 5.92 Å². The van der Waals surface area contributed by atoms with Gasteiger partial charge in [0, 0.05) is 6.54 Å². The molecular weight excluding hydrogens is 242 g/mol. The Morgan fingerprint density at radius 3 is 2.53 bits per heavy atom. The lowest BCUT2D eigenvalue weighted by molar-refractivity contribution is -0.137. The molecule has 1 aliphatic rings. The summed E-state index contributed by atoms with van der Waals surface area (Å²) >= 11 is 0. The zero-order chi connectivity index (χ0) is 14.3. The summed E-state index contributed by atoms with van der Waals surface area (Å²) in [6.45, 7) is 6.40. The number of hydrogen-bond donors (Lipinski definition) is 2. The maximum Gasteiger partial charge on any atom is 0.249 e. The third-order valence-corrected chi connectivity index (χ3v) is 3.58. The lowest BCUT2D eigenvalue weighted by Crippen LogP contribution is -2.41. The molecule has 4 heteroatoms. The van der Waals surface area contributed by atoms with Crippen molar-refractivity contribution in [3.63, 3.8) is 0 Å². The highest BCUT2D eigenvalue weighted by atomic mass is 16.5. The van der Waals surface area contributed by atoms with Crippen molar-refractivity contribution in [1.82, 2.24) is 5.32 Å². The molecule has 0 heterocycles. The average molecular weight is 271 g/mol. The van der Waals surface area contributed by atoms with E-state index in [-0.39, 0.29) is 18.1 Å². The zero-order valence-electron chi connectivity index (χ0n) is 12.5. The maximum absolute atomic E-state index is 12.0. The molecule has 0 bridgehead atoms. The normalized spacial score (nSPS) is 19.6. The van der Waals surface area contributed by atoms with Gasteiger partial charge in [0.2, 0.25) is 5.91 Å². The first kappa shape index (κ1) is 16.4. The van der Waals surface area contributed by atoms with Crippen LogP contribution >= 0.6 is 0 Å². The molecule has 4 nitrogen and oxygen atoms in total. The van der Waals surface area contributed by atoms with Gasteiger partial charge in [0.1, 0.15) is 6.10 Å². The van der Waals surface area contributed by atoms with Crippen LogP contribution in [0.3, 0.4) is 0 Å². The van der Waals surface area contributed by atoms with Crippen LogP contribution in [0.4, 0.5) is 0 Å². The summed E-state index contributed by atoms with van der Waals surface area (Å²) in [5.41, 5.74) is 0. The fourth-order valence-corrected chi connectivity index (χ4v) is 2.56. The van der Waals surface area contributed by atoms with Gasteiger partial charge in [-0.05, 0) is 31.6 Å². The molecule has 0 aromatic rings. The van der Waals surface area contributed by atoms with Crippen molar-refractivity contribution in [3.8, 4) is 0 Å². The molecule has 19 heavy (non-hydrogen) atoms. The summed E-state index contributed by atoms with van der Waals surface area (Å²) in [5, 5.41) is 12.6. The molecule has 1 amide bonds. The number of hydrogen-bond acceptors (Lipinski definition) is 3. The quantitative estimate of drug-likeness (QED) is 0.712. The molecule has 0 saturated heterocycles. The highest BCUT2D eigenvalue weighted by Crippen LogP contribution is 2.22. The fourth-order valence-electron chi connectivity index (χ4n) is 2.56. The number of amides is 1. The smallest absolute Gasteiger partial charge is 0.249 e. The third-order valence-electron chi connectivity index (χ3n) is 3.58. The Balaban J connectivity index is 2.28. The topological polar surface area (TPSA) is 58.6 Å². The predicted octanol–water partition coefficient (Wildman–Crippen LogP) is 2.25. The number of carbonyl (C=O) groups excluding carboxylic acids is 1. The fraction of sp³-hybridized carbons (Fsp3) is 0.933. The van der Waals surface area contributed by atoms with E-state index in [1.54, 1.807) is 0 Å². The van der Waals surface area contributed by atoms with Crippen LogP contribution in [-0.2, 0) is 9.53 Å². The molecule has 2 atom stereocenters. The molecule has 1 saturated carbocycles. The van der Waals surface area contributed by atoms with Crippen molar-refractivity contribution < 1.29 is 14.6 Å². The molecule has 112 valence electrons. The minimum absolute atomic E-state index is 0.0859. The monoisotopic (exact) mass is 271 g/mol. The number of aliphatic hydroxyl groups is 1. The summed E-state index contributed by atoms with van der Waals surface area (Å²) < 4.78 is 5.84. The molecule has 1 rings (SSSR count). The summed E-state index contributed by atoms with van der Waals surface area (Å²) in [6.07, 6.45) is 5.35. The van der Waals surface area contributed by atoms with E-state index in [0.29, 0.717) is 25.3 Å².